The highest BCUT2D eigenvalue weighted by molar-refractivity contribution is 9.09. The molecule has 1 fully saturated rings. The van der Waals surface area contributed by atoms with E-state index in [1.807, 2.05) is 7.05 Å². The number of hydrogen-bond donors (Lipinski definition) is 1. The quantitative estimate of drug-likeness (QED) is 0.669. The molecule has 0 spiro atoms. The first-order chi connectivity index (χ1) is 4.34. The molecule has 1 aliphatic carbocycles. The van der Waals surface area contributed by atoms with Crippen molar-refractivity contribution in [3.8, 4) is 0 Å². The topological polar surface area (TPSA) is 12.0 Å². The van der Waals surface area contributed by atoms with Gasteiger partial charge in [-0.15, -0.1) is 0 Å². The molecule has 0 aromatic carbocycles. The molecule has 1 atom stereocenters. The molecule has 0 aliphatic heterocycles. The predicted molar refractivity (Wildman–Crippen MR) is 44.0 cm³/mol. The number of nitrogens with one attached hydrogen (secondary N) is 1. The first-order valence-electron chi connectivity index (χ1n) is 3.63. The van der Waals surface area contributed by atoms with Gasteiger partial charge in [0.25, 0.3) is 0 Å². The standard InChI is InChI=1S/C7H14BrN/c1-9-5-4-7(8)6-2-3-6/h6-7,9H,2-5H2,1H3. The maximum atomic E-state index is 3.67. The van der Waals surface area contributed by atoms with Crippen LogP contribution in [-0.4, -0.2) is 18.4 Å². The summed E-state index contributed by atoms with van der Waals surface area (Å²) in [6.45, 7) is 1.15. The van der Waals surface area contributed by atoms with Crippen LogP contribution in [0.15, 0.2) is 0 Å². The number of hydrogen-bond acceptors (Lipinski definition) is 1. The molecule has 2 heteroatoms. The Bertz CT molecular complexity index is 81.0. The third-order valence-corrected chi connectivity index (χ3v) is 3.01. The van der Waals surface area contributed by atoms with Crippen molar-refractivity contribution in [3.05, 3.63) is 0 Å². The highest BCUT2D eigenvalue weighted by atomic mass is 79.9. The zero-order chi connectivity index (χ0) is 6.69. The molecule has 0 aromatic rings. The van der Waals surface area contributed by atoms with E-state index >= 15 is 0 Å². The first-order valence-corrected chi connectivity index (χ1v) is 4.55. The summed E-state index contributed by atoms with van der Waals surface area (Å²) in [5.41, 5.74) is 0. The van der Waals surface area contributed by atoms with Gasteiger partial charge in [0.2, 0.25) is 0 Å². The second-order valence-corrected chi connectivity index (χ2v) is 3.92. The van der Waals surface area contributed by atoms with Gasteiger partial charge in [0.15, 0.2) is 0 Å². The van der Waals surface area contributed by atoms with Crippen molar-refractivity contribution in [3.63, 3.8) is 0 Å². The van der Waals surface area contributed by atoms with Gasteiger partial charge in [-0.3, -0.25) is 0 Å². The minimum absolute atomic E-state index is 0.782. The summed E-state index contributed by atoms with van der Waals surface area (Å²) in [4.78, 5) is 0.782. The zero-order valence-electron chi connectivity index (χ0n) is 5.86. The molecule has 1 nitrogen and oxygen atoms in total. The lowest BCUT2D eigenvalue weighted by molar-refractivity contribution is 0.655. The smallest absolute Gasteiger partial charge is 0.0186 e. The summed E-state index contributed by atoms with van der Waals surface area (Å²) in [6, 6.07) is 0. The minimum atomic E-state index is 0.782. The molecule has 1 aliphatic rings. The van der Waals surface area contributed by atoms with Crippen molar-refractivity contribution in [2.24, 2.45) is 5.92 Å². The molecule has 0 saturated heterocycles. The van der Waals surface area contributed by atoms with E-state index in [1.165, 1.54) is 19.3 Å². The van der Waals surface area contributed by atoms with Crippen molar-refractivity contribution in [1.29, 1.82) is 0 Å². The second kappa shape index (κ2) is 3.57. The Kier molecular flexibility index (Phi) is 2.99. The van der Waals surface area contributed by atoms with E-state index in [4.69, 9.17) is 0 Å². The number of halogens is 1. The lowest BCUT2D eigenvalue weighted by atomic mass is 10.2. The highest BCUT2D eigenvalue weighted by Gasteiger charge is 2.28. The number of alkyl halides is 1. The third-order valence-electron chi connectivity index (χ3n) is 1.80. The molecule has 1 rings (SSSR count). The molecule has 0 bridgehead atoms. The van der Waals surface area contributed by atoms with Crippen LogP contribution >= 0.6 is 15.9 Å². The lowest BCUT2D eigenvalue weighted by Gasteiger charge is -2.05. The second-order valence-electron chi connectivity index (χ2n) is 2.75. The third kappa shape index (κ3) is 2.67. The van der Waals surface area contributed by atoms with Crippen LogP contribution in [0.3, 0.4) is 0 Å². The fraction of sp³-hybridized carbons (Fsp3) is 1.00. The largest absolute Gasteiger partial charge is 0.320 e. The van der Waals surface area contributed by atoms with E-state index in [0.29, 0.717) is 0 Å². The van der Waals surface area contributed by atoms with Crippen LogP contribution in [0, 0.1) is 5.92 Å². The van der Waals surface area contributed by atoms with Gasteiger partial charge in [0.05, 0.1) is 0 Å². The van der Waals surface area contributed by atoms with E-state index in [0.717, 1.165) is 17.3 Å². The fourth-order valence-electron chi connectivity index (χ4n) is 0.976. The van der Waals surface area contributed by atoms with Gasteiger partial charge in [-0.25, -0.2) is 0 Å². The Labute approximate surface area is 65.3 Å². The lowest BCUT2D eigenvalue weighted by Crippen LogP contribution is -2.13. The molecule has 9 heavy (non-hydrogen) atoms. The average Bonchev–Trinajstić information content (AvgIpc) is 2.63. The van der Waals surface area contributed by atoms with Crippen LogP contribution < -0.4 is 5.32 Å². The molecule has 0 radical (unpaired) electrons. The molecule has 1 saturated carbocycles. The average molecular weight is 192 g/mol. The van der Waals surface area contributed by atoms with Gasteiger partial charge < -0.3 is 5.32 Å². The molecular weight excluding hydrogens is 178 g/mol. The van der Waals surface area contributed by atoms with Crippen molar-refractivity contribution in [1.82, 2.24) is 5.32 Å². The van der Waals surface area contributed by atoms with Gasteiger partial charge in [-0.1, -0.05) is 15.9 Å². The van der Waals surface area contributed by atoms with E-state index in [9.17, 15) is 0 Å². The molecule has 1 N–H and O–H groups in total. The fourth-order valence-corrected chi connectivity index (χ4v) is 1.73. The SMILES string of the molecule is CNCCC(Br)C1CC1. The minimum Gasteiger partial charge on any atom is -0.320 e. The zero-order valence-corrected chi connectivity index (χ0v) is 7.45. The summed E-state index contributed by atoms with van der Waals surface area (Å²) >= 11 is 3.67. The van der Waals surface area contributed by atoms with E-state index in [1.54, 1.807) is 0 Å². The first kappa shape index (κ1) is 7.55. The molecule has 0 aromatic heterocycles. The van der Waals surface area contributed by atoms with Crippen molar-refractivity contribution < 1.29 is 0 Å². The van der Waals surface area contributed by atoms with Gasteiger partial charge >= 0.3 is 0 Å². The number of rotatable bonds is 4. The maximum absolute atomic E-state index is 3.67. The summed E-state index contributed by atoms with van der Waals surface area (Å²) in [5.74, 6) is 0.998. The monoisotopic (exact) mass is 191 g/mol. The Morgan fingerprint density at radius 1 is 1.67 bits per heavy atom. The summed E-state index contributed by atoms with van der Waals surface area (Å²) in [5, 5.41) is 3.15. The van der Waals surface area contributed by atoms with Gasteiger partial charge in [0.1, 0.15) is 0 Å². The van der Waals surface area contributed by atoms with Crippen LogP contribution in [0.4, 0.5) is 0 Å². The van der Waals surface area contributed by atoms with Crippen LogP contribution in [-0.2, 0) is 0 Å². The summed E-state index contributed by atoms with van der Waals surface area (Å²) in [6.07, 6.45) is 4.17. The summed E-state index contributed by atoms with van der Waals surface area (Å²) in [7, 11) is 2.01. The van der Waals surface area contributed by atoms with Crippen molar-refractivity contribution in [2.75, 3.05) is 13.6 Å². The van der Waals surface area contributed by atoms with Crippen LogP contribution in [0.1, 0.15) is 19.3 Å². The normalized spacial score (nSPS) is 22.0. The van der Waals surface area contributed by atoms with Gasteiger partial charge in [-0.05, 0) is 38.8 Å². The molecule has 1 unspecified atom stereocenters. The van der Waals surface area contributed by atoms with E-state index in [-0.39, 0.29) is 0 Å². The van der Waals surface area contributed by atoms with Crippen LogP contribution in [0.2, 0.25) is 0 Å². The van der Waals surface area contributed by atoms with Gasteiger partial charge in [0, 0.05) is 4.83 Å². The Hall–Kier alpha value is 0.440. The Morgan fingerprint density at radius 3 is 2.78 bits per heavy atom. The van der Waals surface area contributed by atoms with Gasteiger partial charge in [-0.2, -0.15) is 0 Å². The molecular formula is C7H14BrN. The maximum Gasteiger partial charge on any atom is 0.0186 e. The molecule has 54 valence electrons. The van der Waals surface area contributed by atoms with Crippen molar-refractivity contribution in [2.45, 2.75) is 24.1 Å². The van der Waals surface area contributed by atoms with E-state index < -0.39 is 0 Å². The Morgan fingerprint density at radius 2 is 2.33 bits per heavy atom. The van der Waals surface area contributed by atoms with Crippen molar-refractivity contribution >= 4 is 15.9 Å². The Balaban J connectivity index is 1.96. The summed E-state index contributed by atoms with van der Waals surface area (Å²) < 4.78 is 0. The van der Waals surface area contributed by atoms with E-state index in [2.05, 4.69) is 21.2 Å². The van der Waals surface area contributed by atoms with Crippen LogP contribution in [0.25, 0.3) is 0 Å². The predicted octanol–water partition coefficient (Wildman–Crippen LogP) is 1.77. The molecule has 0 heterocycles. The highest BCUT2D eigenvalue weighted by Crippen LogP contribution is 2.37. The van der Waals surface area contributed by atoms with Crippen LogP contribution in [0.5, 0.6) is 0 Å². The molecule has 0 amide bonds.